The van der Waals surface area contributed by atoms with Crippen molar-refractivity contribution < 1.29 is 13.9 Å². The third kappa shape index (κ3) is 5.59. The van der Waals surface area contributed by atoms with Crippen LogP contribution in [0.4, 0.5) is 10.2 Å². The van der Waals surface area contributed by atoms with Crippen LogP contribution in [0.2, 0.25) is 0 Å². The number of rotatable bonds is 8. The van der Waals surface area contributed by atoms with Crippen LogP contribution in [0, 0.1) is 5.82 Å². The molecule has 0 aliphatic heterocycles. The van der Waals surface area contributed by atoms with Gasteiger partial charge in [-0.25, -0.2) is 14.4 Å². The molecule has 8 heteroatoms. The third-order valence-electron chi connectivity index (χ3n) is 5.11. The molecule has 2 aromatic carbocycles. The molecule has 0 unspecified atom stereocenters. The number of thioether (sulfide) groups is 1. The Morgan fingerprint density at radius 1 is 1.09 bits per heavy atom. The summed E-state index contributed by atoms with van der Waals surface area (Å²) in [7, 11) is 1.62. The van der Waals surface area contributed by atoms with Crippen molar-refractivity contribution in [3.05, 3.63) is 78.2 Å². The maximum atomic E-state index is 13.4. The first kappa shape index (κ1) is 22.5. The number of aryl methyl sites for hydroxylation is 1. The van der Waals surface area contributed by atoms with Crippen molar-refractivity contribution in [2.45, 2.75) is 18.0 Å². The monoisotopic (exact) mass is 462 g/mol. The van der Waals surface area contributed by atoms with Crippen LogP contribution >= 0.6 is 11.8 Å². The molecule has 0 aliphatic carbocycles. The lowest BCUT2D eigenvalue weighted by Crippen LogP contribution is -2.13. The number of ether oxygens (including phenoxy) is 1. The number of aromatic nitrogens is 3. The van der Waals surface area contributed by atoms with Crippen LogP contribution in [-0.4, -0.2) is 34.2 Å². The minimum atomic E-state index is -0.298. The Morgan fingerprint density at radius 2 is 1.85 bits per heavy atom. The fraction of sp³-hybridized carbons (Fsp3) is 0.160. The number of benzene rings is 2. The van der Waals surface area contributed by atoms with Crippen LogP contribution in [0.25, 0.3) is 22.5 Å². The van der Waals surface area contributed by atoms with E-state index in [0.29, 0.717) is 24.4 Å². The number of carbonyl (C=O) groups is 1. The Morgan fingerprint density at radius 3 is 2.55 bits per heavy atom. The van der Waals surface area contributed by atoms with E-state index in [0.717, 1.165) is 33.3 Å². The van der Waals surface area contributed by atoms with E-state index in [1.165, 1.54) is 23.9 Å². The number of anilines is 1. The fourth-order valence-electron chi connectivity index (χ4n) is 3.38. The smallest absolute Gasteiger partial charge is 0.225 e. The van der Waals surface area contributed by atoms with Gasteiger partial charge in [0.25, 0.3) is 0 Å². The molecule has 2 heterocycles. The fourth-order valence-corrected chi connectivity index (χ4v) is 3.77. The first-order valence-corrected chi connectivity index (χ1v) is 11.6. The summed E-state index contributed by atoms with van der Waals surface area (Å²) in [5.41, 5.74) is 4.16. The molecule has 0 atom stereocenters. The van der Waals surface area contributed by atoms with Gasteiger partial charge in [0, 0.05) is 23.7 Å². The van der Waals surface area contributed by atoms with E-state index in [2.05, 4.69) is 20.3 Å². The minimum Gasteiger partial charge on any atom is -0.497 e. The SMILES string of the molecule is COc1ccc(CCC(=O)Nc2cc(-c3nc(SC)[nH]c3-c3ccc(F)cc3)ccn2)cc1. The molecule has 0 saturated heterocycles. The highest BCUT2D eigenvalue weighted by molar-refractivity contribution is 7.98. The third-order valence-corrected chi connectivity index (χ3v) is 5.69. The summed E-state index contributed by atoms with van der Waals surface area (Å²) in [5.74, 6) is 0.813. The zero-order chi connectivity index (χ0) is 23.2. The van der Waals surface area contributed by atoms with Crippen LogP contribution in [0.3, 0.4) is 0 Å². The summed E-state index contributed by atoms with van der Waals surface area (Å²) >= 11 is 1.48. The number of imidazole rings is 1. The number of hydrogen-bond donors (Lipinski definition) is 2. The predicted octanol–water partition coefficient (Wildman–Crippen LogP) is 5.58. The number of amides is 1. The molecule has 1 amide bonds. The molecule has 0 spiro atoms. The van der Waals surface area contributed by atoms with Gasteiger partial charge in [0.2, 0.25) is 5.91 Å². The van der Waals surface area contributed by atoms with E-state index in [1.807, 2.05) is 36.6 Å². The summed E-state index contributed by atoms with van der Waals surface area (Å²) < 4.78 is 18.6. The highest BCUT2D eigenvalue weighted by atomic mass is 32.2. The standard InChI is InChI=1S/C25H23FN4O2S/c1-32-20-10-3-16(4-11-20)5-12-22(31)28-21-15-18(13-14-27-21)24-23(29-25(30-24)33-2)17-6-8-19(26)9-7-17/h3-4,6-11,13-15H,5,12H2,1-2H3,(H,29,30)(H,27,28,31). The van der Waals surface area contributed by atoms with Gasteiger partial charge in [-0.05, 0) is 66.8 Å². The molecule has 2 aromatic heterocycles. The molecular weight excluding hydrogens is 439 g/mol. The second kappa shape index (κ2) is 10.3. The number of pyridine rings is 1. The molecule has 4 rings (SSSR count). The first-order chi connectivity index (χ1) is 16.1. The van der Waals surface area contributed by atoms with Gasteiger partial charge < -0.3 is 15.0 Å². The number of halogens is 1. The molecule has 0 aliphatic rings. The quantitative estimate of drug-likeness (QED) is 0.334. The maximum Gasteiger partial charge on any atom is 0.225 e. The van der Waals surface area contributed by atoms with Crippen molar-refractivity contribution in [3.8, 4) is 28.3 Å². The van der Waals surface area contributed by atoms with Gasteiger partial charge in [-0.15, -0.1) is 0 Å². The first-order valence-electron chi connectivity index (χ1n) is 10.3. The van der Waals surface area contributed by atoms with Crippen LogP contribution in [0.5, 0.6) is 5.75 Å². The molecule has 6 nitrogen and oxygen atoms in total. The molecule has 0 bridgehead atoms. The van der Waals surface area contributed by atoms with Gasteiger partial charge in [-0.3, -0.25) is 4.79 Å². The highest BCUT2D eigenvalue weighted by Crippen LogP contribution is 2.33. The highest BCUT2D eigenvalue weighted by Gasteiger charge is 2.15. The second-order valence-corrected chi connectivity index (χ2v) is 8.10. The Bertz CT molecular complexity index is 1240. The van der Waals surface area contributed by atoms with Gasteiger partial charge in [0.05, 0.1) is 18.5 Å². The van der Waals surface area contributed by atoms with Crippen LogP contribution in [0.1, 0.15) is 12.0 Å². The second-order valence-electron chi connectivity index (χ2n) is 7.30. The number of aromatic amines is 1. The largest absolute Gasteiger partial charge is 0.497 e. The summed E-state index contributed by atoms with van der Waals surface area (Å²) in [4.78, 5) is 24.7. The number of carbonyl (C=O) groups excluding carboxylic acids is 1. The van der Waals surface area contributed by atoms with E-state index in [4.69, 9.17) is 4.74 Å². The van der Waals surface area contributed by atoms with Crippen molar-refractivity contribution >= 4 is 23.5 Å². The number of nitrogens with one attached hydrogen (secondary N) is 2. The molecule has 2 N–H and O–H groups in total. The summed E-state index contributed by atoms with van der Waals surface area (Å²) in [5, 5.41) is 3.61. The summed E-state index contributed by atoms with van der Waals surface area (Å²) in [6, 6.07) is 17.5. The van der Waals surface area contributed by atoms with E-state index in [9.17, 15) is 9.18 Å². The van der Waals surface area contributed by atoms with Gasteiger partial charge >= 0.3 is 0 Å². The Hall–Kier alpha value is -3.65. The number of methoxy groups -OCH3 is 1. The van der Waals surface area contributed by atoms with Gasteiger partial charge in [0.1, 0.15) is 17.4 Å². The molecule has 168 valence electrons. The zero-order valence-corrected chi connectivity index (χ0v) is 19.1. The van der Waals surface area contributed by atoms with E-state index >= 15 is 0 Å². The Labute approximate surface area is 195 Å². The van der Waals surface area contributed by atoms with Gasteiger partial charge in [-0.2, -0.15) is 0 Å². The minimum absolute atomic E-state index is 0.124. The van der Waals surface area contributed by atoms with Crippen molar-refractivity contribution in [3.63, 3.8) is 0 Å². The maximum absolute atomic E-state index is 13.4. The normalized spacial score (nSPS) is 10.8. The van der Waals surface area contributed by atoms with Gasteiger partial charge in [-0.1, -0.05) is 23.9 Å². The van der Waals surface area contributed by atoms with E-state index in [1.54, 1.807) is 31.5 Å². The zero-order valence-electron chi connectivity index (χ0n) is 18.3. The lowest BCUT2D eigenvalue weighted by Gasteiger charge is -2.08. The molecular formula is C25H23FN4O2S. The number of nitrogens with zero attached hydrogens (tertiary/aromatic N) is 2. The van der Waals surface area contributed by atoms with Crippen LogP contribution < -0.4 is 10.1 Å². The lowest BCUT2D eigenvalue weighted by atomic mass is 10.1. The van der Waals surface area contributed by atoms with Crippen molar-refractivity contribution in [1.82, 2.24) is 15.0 Å². The molecule has 4 aromatic rings. The molecule has 0 fully saturated rings. The lowest BCUT2D eigenvalue weighted by molar-refractivity contribution is -0.116. The van der Waals surface area contributed by atoms with Crippen LogP contribution in [-0.2, 0) is 11.2 Å². The van der Waals surface area contributed by atoms with Crippen molar-refractivity contribution in [2.75, 3.05) is 18.7 Å². The van der Waals surface area contributed by atoms with Crippen molar-refractivity contribution in [2.24, 2.45) is 0 Å². The molecule has 33 heavy (non-hydrogen) atoms. The predicted molar refractivity (Wildman–Crippen MR) is 129 cm³/mol. The summed E-state index contributed by atoms with van der Waals surface area (Å²) in [6.45, 7) is 0. The van der Waals surface area contributed by atoms with E-state index in [-0.39, 0.29) is 11.7 Å². The molecule has 0 radical (unpaired) electrons. The average Bonchev–Trinajstić information content (AvgIpc) is 3.28. The number of hydrogen-bond acceptors (Lipinski definition) is 5. The number of H-pyrrole nitrogens is 1. The van der Waals surface area contributed by atoms with Gasteiger partial charge in [0.15, 0.2) is 5.16 Å². The van der Waals surface area contributed by atoms with E-state index < -0.39 is 0 Å². The molecule has 0 saturated carbocycles. The average molecular weight is 463 g/mol. The topological polar surface area (TPSA) is 79.9 Å². The van der Waals surface area contributed by atoms with Crippen LogP contribution in [0.15, 0.2) is 72.0 Å². The Balaban J connectivity index is 1.50. The van der Waals surface area contributed by atoms with Crippen molar-refractivity contribution in [1.29, 1.82) is 0 Å². The summed E-state index contributed by atoms with van der Waals surface area (Å²) in [6.07, 6.45) is 4.51. The Kier molecular flexibility index (Phi) is 7.04.